The van der Waals surface area contributed by atoms with Crippen LogP contribution in [-0.2, 0) is 20.7 Å². The van der Waals surface area contributed by atoms with Crippen molar-refractivity contribution in [3.63, 3.8) is 0 Å². The molecule has 2 aromatic carbocycles. The van der Waals surface area contributed by atoms with Crippen molar-refractivity contribution in [2.24, 2.45) is 0 Å². The Bertz CT molecular complexity index is 932. The number of hydrogen-bond acceptors (Lipinski definition) is 5. The van der Waals surface area contributed by atoms with E-state index in [1.165, 1.54) is 6.26 Å². The number of rotatable bonds is 7. The van der Waals surface area contributed by atoms with Crippen LogP contribution in [0.15, 0.2) is 59.2 Å². The summed E-state index contributed by atoms with van der Waals surface area (Å²) in [6.45, 7) is 1.56. The van der Waals surface area contributed by atoms with Crippen LogP contribution in [0, 0.1) is 0 Å². The van der Waals surface area contributed by atoms with E-state index >= 15 is 0 Å². The van der Waals surface area contributed by atoms with E-state index < -0.39 is 5.97 Å². The number of hydrogen-bond donors (Lipinski definition) is 1. The van der Waals surface area contributed by atoms with Crippen molar-refractivity contribution in [2.45, 2.75) is 19.4 Å². The Morgan fingerprint density at radius 1 is 1.15 bits per heavy atom. The molecule has 0 aliphatic heterocycles. The number of carbonyl (C=O) groups is 2. The van der Waals surface area contributed by atoms with Crippen LogP contribution in [0.1, 0.15) is 24.1 Å². The molecule has 140 valence electrons. The topological polar surface area (TPSA) is 77.8 Å². The first-order valence-electron chi connectivity index (χ1n) is 8.61. The minimum Gasteiger partial charge on any atom is -0.497 e. The maximum Gasteiger partial charge on any atom is 0.310 e. The fourth-order valence-corrected chi connectivity index (χ4v) is 2.79. The summed E-state index contributed by atoms with van der Waals surface area (Å²) in [4.78, 5) is 24.1. The van der Waals surface area contributed by atoms with Crippen LogP contribution >= 0.6 is 0 Å². The lowest BCUT2D eigenvalue weighted by atomic mass is 10.1. The predicted octanol–water partition coefficient (Wildman–Crippen LogP) is 3.40. The Balaban J connectivity index is 1.51. The summed E-state index contributed by atoms with van der Waals surface area (Å²) in [5.41, 5.74) is 2.32. The van der Waals surface area contributed by atoms with Gasteiger partial charge in [-0.05, 0) is 24.6 Å². The minimum atomic E-state index is -0.490. The van der Waals surface area contributed by atoms with Crippen LogP contribution in [-0.4, -0.2) is 25.6 Å². The zero-order valence-electron chi connectivity index (χ0n) is 15.2. The molecule has 0 aliphatic rings. The van der Waals surface area contributed by atoms with Crippen molar-refractivity contribution in [3.05, 3.63) is 65.9 Å². The largest absolute Gasteiger partial charge is 0.497 e. The van der Waals surface area contributed by atoms with Crippen molar-refractivity contribution in [1.29, 1.82) is 0 Å². The lowest BCUT2D eigenvalue weighted by Crippen LogP contribution is -2.31. The quantitative estimate of drug-likeness (QED) is 0.648. The predicted molar refractivity (Wildman–Crippen MR) is 100 cm³/mol. The molecule has 0 aliphatic carbocycles. The molecular formula is C21H21NO5. The molecule has 6 heteroatoms. The van der Waals surface area contributed by atoms with Crippen molar-refractivity contribution >= 4 is 22.8 Å². The van der Waals surface area contributed by atoms with Gasteiger partial charge in [-0.2, -0.15) is 0 Å². The summed E-state index contributed by atoms with van der Waals surface area (Å²) >= 11 is 0. The van der Waals surface area contributed by atoms with E-state index in [9.17, 15) is 9.59 Å². The highest BCUT2D eigenvalue weighted by molar-refractivity contribution is 5.87. The van der Waals surface area contributed by atoms with Crippen molar-refractivity contribution in [3.8, 4) is 5.75 Å². The number of esters is 1. The molecule has 6 nitrogen and oxygen atoms in total. The van der Waals surface area contributed by atoms with Crippen LogP contribution < -0.4 is 10.1 Å². The third-order valence-electron chi connectivity index (χ3n) is 4.24. The number of carbonyl (C=O) groups excluding carboxylic acids is 2. The molecule has 0 bridgehead atoms. The van der Waals surface area contributed by atoms with Gasteiger partial charge in [-0.15, -0.1) is 0 Å². The highest BCUT2D eigenvalue weighted by atomic mass is 16.5. The maximum absolute atomic E-state index is 12.1. The van der Waals surface area contributed by atoms with Gasteiger partial charge < -0.3 is 19.2 Å². The average molecular weight is 367 g/mol. The molecular weight excluding hydrogens is 346 g/mol. The average Bonchev–Trinajstić information content (AvgIpc) is 3.09. The third-order valence-corrected chi connectivity index (χ3v) is 4.24. The standard InChI is InChI=1S/C21H21NO5/c1-14(15-6-4-3-5-7-15)22-20(23)13-27-21(24)10-16-12-26-19-11-17(25-2)8-9-18(16)19/h3-9,11-12,14H,10,13H2,1-2H3,(H,22,23)/t14-/m0/s1. The normalized spacial score (nSPS) is 11.8. The van der Waals surface area contributed by atoms with Crippen molar-refractivity contribution in [2.75, 3.05) is 13.7 Å². The zero-order valence-corrected chi connectivity index (χ0v) is 15.2. The van der Waals surface area contributed by atoms with Gasteiger partial charge in [0.05, 0.1) is 25.8 Å². The molecule has 0 unspecified atom stereocenters. The van der Waals surface area contributed by atoms with Crippen LogP contribution in [0.2, 0.25) is 0 Å². The van der Waals surface area contributed by atoms with E-state index in [-0.39, 0.29) is 25.0 Å². The summed E-state index contributed by atoms with van der Waals surface area (Å²) in [7, 11) is 1.58. The molecule has 1 atom stereocenters. The number of ether oxygens (including phenoxy) is 2. The smallest absolute Gasteiger partial charge is 0.310 e. The molecule has 0 fully saturated rings. The Labute approximate surface area is 157 Å². The molecule has 0 saturated heterocycles. The van der Waals surface area contributed by atoms with E-state index in [1.54, 1.807) is 19.2 Å². The van der Waals surface area contributed by atoms with E-state index in [4.69, 9.17) is 13.9 Å². The third kappa shape index (κ3) is 4.67. The number of furan rings is 1. The number of nitrogens with one attached hydrogen (secondary N) is 1. The highest BCUT2D eigenvalue weighted by Gasteiger charge is 2.15. The van der Waals surface area contributed by atoms with Gasteiger partial charge in [0.2, 0.25) is 0 Å². The fraction of sp³-hybridized carbons (Fsp3) is 0.238. The highest BCUT2D eigenvalue weighted by Crippen LogP contribution is 2.26. The SMILES string of the molecule is COc1ccc2c(CC(=O)OCC(=O)N[C@@H](C)c3ccccc3)coc2c1. The molecule has 0 radical (unpaired) electrons. The van der Waals surface area contributed by atoms with E-state index in [1.807, 2.05) is 43.3 Å². The van der Waals surface area contributed by atoms with Crippen LogP contribution in [0.3, 0.4) is 0 Å². The first kappa shape index (κ1) is 18.5. The number of fused-ring (bicyclic) bond motifs is 1. The van der Waals surface area contributed by atoms with Crippen LogP contribution in [0.4, 0.5) is 0 Å². The molecule has 27 heavy (non-hydrogen) atoms. The zero-order chi connectivity index (χ0) is 19.2. The van der Waals surface area contributed by atoms with Crippen LogP contribution in [0.25, 0.3) is 11.0 Å². The Kier molecular flexibility index (Phi) is 5.76. The monoisotopic (exact) mass is 367 g/mol. The molecule has 3 aromatic rings. The number of benzene rings is 2. The Morgan fingerprint density at radius 2 is 1.93 bits per heavy atom. The molecule has 1 amide bonds. The summed E-state index contributed by atoms with van der Waals surface area (Å²) in [5, 5.41) is 3.62. The second-order valence-electron chi connectivity index (χ2n) is 6.16. The Hall–Kier alpha value is -3.28. The lowest BCUT2D eigenvalue weighted by Gasteiger charge is -2.14. The van der Waals surface area contributed by atoms with Gasteiger partial charge in [-0.25, -0.2) is 0 Å². The molecule has 0 saturated carbocycles. The van der Waals surface area contributed by atoms with Gasteiger partial charge in [0, 0.05) is 17.0 Å². The molecule has 0 spiro atoms. The van der Waals surface area contributed by atoms with Gasteiger partial charge >= 0.3 is 5.97 Å². The summed E-state index contributed by atoms with van der Waals surface area (Å²) in [6.07, 6.45) is 1.55. The summed E-state index contributed by atoms with van der Waals surface area (Å²) in [6, 6.07) is 14.8. The molecule has 1 N–H and O–H groups in total. The van der Waals surface area contributed by atoms with E-state index in [0.717, 1.165) is 10.9 Å². The summed E-state index contributed by atoms with van der Waals surface area (Å²) < 4.78 is 15.7. The first-order valence-corrected chi connectivity index (χ1v) is 8.61. The second-order valence-corrected chi connectivity index (χ2v) is 6.16. The van der Waals surface area contributed by atoms with Gasteiger partial charge in [-0.3, -0.25) is 9.59 Å². The number of methoxy groups -OCH3 is 1. The van der Waals surface area contributed by atoms with E-state index in [0.29, 0.717) is 16.9 Å². The number of amides is 1. The maximum atomic E-state index is 12.1. The van der Waals surface area contributed by atoms with Gasteiger partial charge in [0.25, 0.3) is 5.91 Å². The van der Waals surface area contributed by atoms with E-state index in [2.05, 4.69) is 5.32 Å². The van der Waals surface area contributed by atoms with Crippen LogP contribution in [0.5, 0.6) is 5.75 Å². The molecule has 3 rings (SSSR count). The van der Waals surface area contributed by atoms with Gasteiger partial charge in [0.1, 0.15) is 11.3 Å². The van der Waals surface area contributed by atoms with Crippen molar-refractivity contribution in [1.82, 2.24) is 5.32 Å². The first-order chi connectivity index (χ1) is 13.1. The lowest BCUT2D eigenvalue weighted by molar-refractivity contribution is -0.148. The Morgan fingerprint density at radius 3 is 2.67 bits per heavy atom. The molecule has 1 aromatic heterocycles. The fourth-order valence-electron chi connectivity index (χ4n) is 2.79. The van der Waals surface area contributed by atoms with Gasteiger partial charge in [0.15, 0.2) is 6.61 Å². The second kappa shape index (κ2) is 8.40. The minimum absolute atomic E-state index is 0.0286. The molecule has 1 heterocycles. The summed E-state index contributed by atoms with van der Waals surface area (Å²) in [5.74, 6) is -0.160. The van der Waals surface area contributed by atoms with Crippen molar-refractivity contribution < 1.29 is 23.5 Å². The van der Waals surface area contributed by atoms with Gasteiger partial charge in [-0.1, -0.05) is 30.3 Å².